The number of rotatable bonds is 8. The Morgan fingerprint density at radius 3 is 1.62 bits per heavy atom. The van der Waals surface area contributed by atoms with Crippen LogP contribution in [0.5, 0.6) is 0 Å². The van der Waals surface area contributed by atoms with Crippen LogP contribution in [-0.4, -0.2) is 18.5 Å². The second kappa shape index (κ2) is 7.43. The predicted octanol–water partition coefficient (Wildman–Crippen LogP) is 3.00. The zero-order valence-corrected chi connectivity index (χ0v) is 9.18. The van der Waals surface area contributed by atoms with Gasteiger partial charge in [0.1, 0.15) is 7.85 Å². The normalized spacial score (nSPS) is 11.9. The Morgan fingerprint density at radius 2 is 1.31 bits per heavy atom. The van der Waals surface area contributed by atoms with E-state index in [4.69, 9.17) is 7.85 Å². The molecule has 0 saturated heterocycles. The van der Waals surface area contributed by atoms with E-state index in [0.717, 1.165) is 25.7 Å². The van der Waals surface area contributed by atoms with Crippen molar-refractivity contribution in [1.29, 1.82) is 0 Å². The van der Waals surface area contributed by atoms with E-state index >= 15 is 0 Å². The molecule has 0 rings (SSSR count). The van der Waals surface area contributed by atoms with E-state index < -0.39 is 5.50 Å². The second-order valence-corrected chi connectivity index (χ2v) is 4.02. The maximum Gasteiger partial charge on any atom is 0.113 e. The van der Waals surface area contributed by atoms with Gasteiger partial charge in [-0.25, -0.2) is 0 Å². The van der Waals surface area contributed by atoms with Crippen molar-refractivity contribution < 1.29 is 5.11 Å². The summed E-state index contributed by atoms with van der Waals surface area (Å²) in [6.07, 6.45) is 8.33. The van der Waals surface area contributed by atoms with E-state index in [2.05, 4.69) is 13.8 Å². The molecule has 0 unspecified atom stereocenters. The van der Waals surface area contributed by atoms with E-state index in [-0.39, 0.29) is 0 Å². The smallest absolute Gasteiger partial charge is 0.113 e. The van der Waals surface area contributed by atoms with Crippen molar-refractivity contribution in [3.05, 3.63) is 0 Å². The third-order valence-electron chi connectivity index (χ3n) is 2.43. The lowest BCUT2D eigenvalue weighted by Gasteiger charge is -2.23. The highest BCUT2D eigenvalue weighted by atomic mass is 16.3. The number of unbranched alkanes of at least 4 members (excludes halogenated alkanes) is 4. The van der Waals surface area contributed by atoms with Gasteiger partial charge in [0.05, 0.1) is 0 Å². The van der Waals surface area contributed by atoms with E-state index in [1.165, 1.54) is 25.7 Å². The summed E-state index contributed by atoms with van der Waals surface area (Å²) in [7, 11) is 5.75. The fourth-order valence-corrected chi connectivity index (χ4v) is 1.49. The molecule has 13 heavy (non-hydrogen) atoms. The van der Waals surface area contributed by atoms with Gasteiger partial charge in [-0.2, -0.15) is 0 Å². The van der Waals surface area contributed by atoms with Gasteiger partial charge in [-0.1, -0.05) is 52.4 Å². The van der Waals surface area contributed by atoms with E-state index in [9.17, 15) is 5.11 Å². The molecular weight excluding hydrogens is 159 g/mol. The summed E-state index contributed by atoms with van der Waals surface area (Å²) >= 11 is 0. The van der Waals surface area contributed by atoms with Crippen LogP contribution in [0, 0.1) is 0 Å². The summed E-state index contributed by atoms with van der Waals surface area (Å²) in [5.74, 6) is 0. The molecule has 2 heteroatoms. The molecule has 0 aromatic carbocycles. The van der Waals surface area contributed by atoms with Gasteiger partial charge in [0.25, 0.3) is 0 Å². The molecule has 0 heterocycles. The van der Waals surface area contributed by atoms with Gasteiger partial charge in [-0.15, -0.1) is 0 Å². The largest absolute Gasteiger partial charge is 0.400 e. The van der Waals surface area contributed by atoms with E-state index in [1.54, 1.807) is 0 Å². The molecule has 0 atom stereocenters. The number of hydrogen-bond acceptors (Lipinski definition) is 1. The van der Waals surface area contributed by atoms with Crippen LogP contribution in [0.4, 0.5) is 0 Å². The van der Waals surface area contributed by atoms with Gasteiger partial charge in [-0.05, 0) is 12.8 Å². The fourth-order valence-electron chi connectivity index (χ4n) is 1.49. The molecule has 0 aliphatic carbocycles. The average Bonchev–Trinajstić information content (AvgIpc) is 2.05. The zero-order chi connectivity index (χ0) is 10.2. The standard InChI is InChI=1S/C11H23BO/c1-3-5-7-9-11(12,13)10-8-6-4-2/h13H,3-10H2,1-2H3. The molecule has 0 bridgehead atoms. The van der Waals surface area contributed by atoms with Crippen molar-refractivity contribution in [3.8, 4) is 0 Å². The monoisotopic (exact) mass is 182 g/mol. The van der Waals surface area contributed by atoms with Gasteiger partial charge >= 0.3 is 0 Å². The molecule has 0 fully saturated rings. The van der Waals surface area contributed by atoms with Gasteiger partial charge in [0.2, 0.25) is 0 Å². The molecule has 0 aliphatic heterocycles. The Kier molecular flexibility index (Phi) is 7.45. The minimum atomic E-state index is -0.898. The van der Waals surface area contributed by atoms with Crippen molar-refractivity contribution in [2.45, 2.75) is 70.7 Å². The molecule has 0 aliphatic rings. The lowest BCUT2D eigenvalue weighted by Crippen LogP contribution is -2.28. The summed E-state index contributed by atoms with van der Waals surface area (Å²) in [4.78, 5) is 0. The van der Waals surface area contributed by atoms with Crippen molar-refractivity contribution in [3.63, 3.8) is 0 Å². The Balaban J connectivity index is 3.42. The predicted molar refractivity (Wildman–Crippen MR) is 59.0 cm³/mol. The summed E-state index contributed by atoms with van der Waals surface area (Å²) in [5.41, 5.74) is -0.898. The summed E-state index contributed by atoms with van der Waals surface area (Å²) < 4.78 is 0. The number of aliphatic hydroxyl groups is 1. The first-order chi connectivity index (χ1) is 6.12. The highest BCUT2D eigenvalue weighted by Crippen LogP contribution is 2.18. The minimum Gasteiger partial charge on any atom is -0.400 e. The van der Waals surface area contributed by atoms with Crippen LogP contribution in [0.3, 0.4) is 0 Å². The van der Waals surface area contributed by atoms with Crippen molar-refractivity contribution in [2.75, 3.05) is 0 Å². The van der Waals surface area contributed by atoms with Gasteiger partial charge < -0.3 is 5.11 Å². The maximum absolute atomic E-state index is 9.75. The van der Waals surface area contributed by atoms with Crippen LogP contribution in [0.25, 0.3) is 0 Å². The van der Waals surface area contributed by atoms with Crippen LogP contribution in [0.1, 0.15) is 65.2 Å². The van der Waals surface area contributed by atoms with Gasteiger partial charge in [-0.3, -0.25) is 0 Å². The highest BCUT2D eigenvalue weighted by molar-refractivity contribution is 6.14. The van der Waals surface area contributed by atoms with Crippen LogP contribution in [0.15, 0.2) is 0 Å². The Morgan fingerprint density at radius 1 is 0.923 bits per heavy atom. The molecule has 0 spiro atoms. The third-order valence-corrected chi connectivity index (χ3v) is 2.43. The SMILES string of the molecule is [B]C(O)(CCCCC)CCCCC. The zero-order valence-electron chi connectivity index (χ0n) is 9.18. The average molecular weight is 182 g/mol. The fraction of sp³-hybridized carbons (Fsp3) is 1.00. The molecule has 0 amide bonds. The second-order valence-electron chi connectivity index (χ2n) is 4.02. The van der Waals surface area contributed by atoms with Crippen LogP contribution in [-0.2, 0) is 0 Å². The Labute approximate surface area is 84.3 Å². The molecule has 0 aromatic heterocycles. The Bertz CT molecular complexity index is 101. The first kappa shape index (κ1) is 13.0. The van der Waals surface area contributed by atoms with Gasteiger partial charge in [0.15, 0.2) is 0 Å². The van der Waals surface area contributed by atoms with Crippen molar-refractivity contribution in [1.82, 2.24) is 0 Å². The molecule has 0 aromatic rings. The van der Waals surface area contributed by atoms with E-state index in [0.29, 0.717) is 0 Å². The maximum atomic E-state index is 9.75. The lowest BCUT2D eigenvalue weighted by molar-refractivity contribution is 0.102. The Hall–Kier alpha value is 0.0249. The quantitative estimate of drug-likeness (QED) is 0.452. The topological polar surface area (TPSA) is 20.2 Å². The molecule has 0 saturated carbocycles. The number of hydrogen-bond donors (Lipinski definition) is 1. The van der Waals surface area contributed by atoms with Gasteiger partial charge in [0, 0.05) is 5.50 Å². The first-order valence-electron chi connectivity index (χ1n) is 5.63. The molecule has 76 valence electrons. The highest BCUT2D eigenvalue weighted by Gasteiger charge is 2.17. The van der Waals surface area contributed by atoms with Crippen LogP contribution < -0.4 is 0 Å². The third kappa shape index (κ3) is 8.36. The van der Waals surface area contributed by atoms with Crippen LogP contribution >= 0.6 is 0 Å². The summed E-state index contributed by atoms with van der Waals surface area (Å²) in [6.45, 7) is 4.32. The minimum absolute atomic E-state index is 0.755. The van der Waals surface area contributed by atoms with E-state index in [1.807, 2.05) is 0 Å². The molecule has 2 radical (unpaired) electrons. The summed E-state index contributed by atoms with van der Waals surface area (Å²) in [5, 5.41) is 9.75. The molecule has 1 N–H and O–H groups in total. The molecule has 1 nitrogen and oxygen atoms in total. The summed E-state index contributed by atoms with van der Waals surface area (Å²) in [6, 6.07) is 0. The van der Waals surface area contributed by atoms with Crippen LogP contribution in [0.2, 0.25) is 0 Å². The lowest BCUT2D eigenvalue weighted by atomic mass is 9.74. The van der Waals surface area contributed by atoms with Crippen molar-refractivity contribution >= 4 is 7.85 Å². The van der Waals surface area contributed by atoms with Crippen molar-refractivity contribution in [2.24, 2.45) is 0 Å². The molecular formula is C11H23BO. The first-order valence-corrected chi connectivity index (χ1v) is 5.63.